The highest BCUT2D eigenvalue weighted by atomic mass is 32.2. The maximum Gasteiger partial charge on any atom is 0.296 e. The van der Waals surface area contributed by atoms with E-state index in [9.17, 15) is 31.0 Å². The van der Waals surface area contributed by atoms with E-state index < -0.39 is 30.0 Å². The summed E-state index contributed by atoms with van der Waals surface area (Å²) < 4.78 is 73.8. The maximum absolute atomic E-state index is 12.2. The molecular formula is C49H41N9O8S2. The number of nitrogens with zero attached hydrogens (tertiary/aromatic N) is 8. The van der Waals surface area contributed by atoms with E-state index in [0.717, 1.165) is 51.7 Å². The molecule has 0 aromatic heterocycles. The summed E-state index contributed by atoms with van der Waals surface area (Å²) in [5.41, 5.74) is 7.15. The van der Waals surface area contributed by atoms with Crippen molar-refractivity contribution in [2.24, 2.45) is 40.9 Å². The summed E-state index contributed by atoms with van der Waals surface area (Å²) in [7, 11) is -9.46. The molecule has 0 aliphatic rings. The first-order valence-corrected chi connectivity index (χ1v) is 23.6. The lowest BCUT2D eigenvalue weighted by Crippen LogP contribution is -2.08. The van der Waals surface area contributed by atoms with Gasteiger partial charge in [-0.3, -0.25) is 9.11 Å². The van der Waals surface area contributed by atoms with E-state index in [-0.39, 0.29) is 28.9 Å². The largest absolute Gasteiger partial charge is 0.505 e. The first kappa shape index (κ1) is 46.4. The fourth-order valence-electron chi connectivity index (χ4n) is 7.05. The van der Waals surface area contributed by atoms with Gasteiger partial charge < -0.3 is 15.2 Å². The van der Waals surface area contributed by atoms with Crippen LogP contribution >= 0.6 is 0 Å². The molecule has 68 heavy (non-hydrogen) atoms. The van der Waals surface area contributed by atoms with Gasteiger partial charge in [0, 0.05) is 16.5 Å². The Morgan fingerprint density at radius 3 is 1.60 bits per heavy atom. The highest BCUT2D eigenvalue weighted by Crippen LogP contribution is 2.39. The minimum Gasteiger partial charge on any atom is -0.505 e. The minimum absolute atomic E-state index is 0.0111. The molecule has 8 aromatic rings. The number of fused-ring (bicyclic) bond motifs is 2. The second kappa shape index (κ2) is 19.4. The Morgan fingerprint density at radius 1 is 0.456 bits per heavy atom. The van der Waals surface area contributed by atoms with Crippen molar-refractivity contribution in [1.29, 1.82) is 0 Å². The van der Waals surface area contributed by atoms with E-state index in [1.807, 2.05) is 93.6 Å². The zero-order chi connectivity index (χ0) is 48.2. The number of hydrogen-bond acceptors (Lipinski definition) is 15. The molecule has 0 fully saturated rings. The first-order valence-electron chi connectivity index (χ1n) is 20.7. The Labute approximate surface area is 390 Å². The van der Waals surface area contributed by atoms with Crippen LogP contribution in [0, 0.1) is 27.7 Å². The molecule has 0 saturated heterocycles. The van der Waals surface area contributed by atoms with Gasteiger partial charge in [0.2, 0.25) is 0 Å². The number of rotatable bonds is 14. The molecule has 8 rings (SSSR count). The SMILES string of the molecule is Cc1cc(N=Nc2cc(C)c(N=Nc3ccc4cc(NCOc5ccccc5)ccc4c3O)cc2C)ccc1N=Nc1ccc(N=Nc2cc3c(S(=O)(=O)O)cccc3cc2S(=O)(=O)O)c(C)c1. The van der Waals surface area contributed by atoms with Gasteiger partial charge in [-0.25, -0.2) is 0 Å². The van der Waals surface area contributed by atoms with Gasteiger partial charge in [0.25, 0.3) is 20.2 Å². The Hall–Kier alpha value is -8.10. The number of anilines is 1. The van der Waals surface area contributed by atoms with Crippen molar-refractivity contribution in [3.63, 3.8) is 0 Å². The third-order valence-electron chi connectivity index (χ3n) is 10.7. The van der Waals surface area contributed by atoms with E-state index >= 15 is 0 Å². The lowest BCUT2D eigenvalue weighted by Gasteiger charge is -2.10. The second-order valence-electron chi connectivity index (χ2n) is 15.6. The Bertz CT molecular complexity index is 3620. The fraction of sp³-hybridized carbons (Fsp3) is 0.102. The number of phenolic OH excluding ortho intramolecular Hbond substituents is 1. The van der Waals surface area contributed by atoms with Crippen LogP contribution in [0.1, 0.15) is 22.3 Å². The number of aryl methyl sites for hydroxylation is 4. The van der Waals surface area contributed by atoms with Gasteiger partial charge in [-0.2, -0.15) is 47.5 Å². The maximum atomic E-state index is 12.2. The van der Waals surface area contributed by atoms with Gasteiger partial charge >= 0.3 is 0 Å². The number of aromatic hydroxyl groups is 1. The van der Waals surface area contributed by atoms with Crippen molar-refractivity contribution < 1.29 is 35.8 Å². The standard InChI is InChI=1S/C49H41N9O8S2/c1-29-21-37(15-19-41(29)53-51-36-16-20-42(30(2)22-36)54-58-46-27-40-33(26-48(46)68(63,64)65)9-8-12-47(40)67(60,61)62)52-56-44-23-32(4)45(24-31(44)3)57-55-43-18-13-34-25-35(14-17-39(34)49(43)59)50-28-66-38-10-6-5-7-11-38/h5-27,50,59H,28H2,1-4H3,(H,60,61,62)(H,63,64,65). The van der Waals surface area contributed by atoms with Crippen LogP contribution in [0.15, 0.2) is 190 Å². The molecular weight excluding hydrogens is 907 g/mol. The first-order chi connectivity index (χ1) is 32.5. The lowest BCUT2D eigenvalue weighted by molar-refractivity contribution is 0.347. The number of hydrogen-bond donors (Lipinski definition) is 4. The topological polar surface area (TPSA) is 249 Å². The number of benzene rings is 8. The van der Waals surface area contributed by atoms with Crippen LogP contribution in [0.25, 0.3) is 21.5 Å². The number of ether oxygens (including phenoxy) is 1. The number of para-hydroxylation sites is 1. The van der Waals surface area contributed by atoms with E-state index in [0.29, 0.717) is 50.8 Å². The molecule has 0 bridgehead atoms. The van der Waals surface area contributed by atoms with Crippen molar-refractivity contribution in [2.75, 3.05) is 12.0 Å². The molecule has 17 nitrogen and oxygen atoms in total. The quantitative estimate of drug-likeness (QED) is 0.0459. The molecule has 0 saturated carbocycles. The van der Waals surface area contributed by atoms with Gasteiger partial charge in [-0.1, -0.05) is 36.4 Å². The number of nitrogens with one attached hydrogen (secondary N) is 1. The Morgan fingerprint density at radius 2 is 0.985 bits per heavy atom. The van der Waals surface area contributed by atoms with E-state index in [4.69, 9.17) is 4.74 Å². The Kier molecular flexibility index (Phi) is 13.2. The molecule has 0 amide bonds. The molecule has 0 heterocycles. The third kappa shape index (κ3) is 10.8. The average Bonchev–Trinajstić information content (AvgIpc) is 3.30. The molecule has 0 aliphatic heterocycles. The summed E-state index contributed by atoms with van der Waals surface area (Å²) in [6.45, 7) is 7.69. The zero-order valence-corrected chi connectivity index (χ0v) is 38.4. The van der Waals surface area contributed by atoms with Crippen LogP contribution in [-0.2, 0) is 20.2 Å². The molecule has 4 N–H and O–H groups in total. The number of azo groups is 4. The molecule has 0 radical (unpaired) electrons. The molecule has 8 aromatic carbocycles. The molecule has 0 spiro atoms. The second-order valence-corrected chi connectivity index (χ2v) is 18.3. The Balaban J connectivity index is 0.914. The van der Waals surface area contributed by atoms with Gasteiger partial charge in [0.05, 0.1) is 34.1 Å². The van der Waals surface area contributed by atoms with Crippen molar-refractivity contribution in [3.05, 3.63) is 162 Å². The van der Waals surface area contributed by atoms with Crippen LogP contribution in [0.3, 0.4) is 0 Å². The van der Waals surface area contributed by atoms with Crippen LogP contribution < -0.4 is 10.1 Å². The molecule has 19 heteroatoms. The predicted molar refractivity (Wildman–Crippen MR) is 260 cm³/mol. The predicted octanol–water partition coefficient (Wildman–Crippen LogP) is 14.5. The fourth-order valence-corrected chi connectivity index (χ4v) is 8.40. The minimum atomic E-state index is -4.80. The highest BCUT2D eigenvalue weighted by molar-refractivity contribution is 7.86. The number of phenols is 1. The van der Waals surface area contributed by atoms with Crippen LogP contribution in [0.4, 0.5) is 51.2 Å². The van der Waals surface area contributed by atoms with Crippen molar-refractivity contribution in [1.82, 2.24) is 0 Å². The summed E-state index contributed by atoms with van der Waals surface area (Å²) >= 11 is 0. The average molecular weight is 948 g/mol. The summed E-state index contributed by atoms with van der Waals surface area (Å²) in [6, 6.07) is 38.8. The monoisotopic (exact) mass is 947 g/mol. The van der Waals surface area contributed by atoms with E-state index in [2.05, 4.69) is 46.2 Å². The van der Waals surface area contributed by atoms with E-state index in [1.165, 1.54) is 12.1 Å². The summed E-state index contributed by atoms with van der Waals surface area (Å²) in [5, 5.41) is 50.6. The van der Waals surface area contributed by atoms with E-state index in [1.54, 1.807) is 43.3 Å². The lowest BCUT2D eigenvalue weighted by atomic mass is 10.1. The van der Waals surface area contributed by atoms with Gasteiger partial charge in [0.15, 0.2) is 12.5 Å². The highest BCUT2D eigenvalue weighted by Gasteiger charge is 2.21. The van der Waals surface area contributed by atoms with Gasteiger partial charge in [0.1, 0.15) is 26.9 Å². The van der Waals surface area contributed by atoms with Gasteiger partial charge in [-0.15, -0.1) is 10.2 Å². The van der Waals surface area contributed by atoms with Gasteiger partial charge in [-0.05, 0) is 164 Å². The van der Waals surface area contributed by atoms with Crippen LogP contribution in [0.5, 0.6) is 11.5 Å². The van der Waals surface area contributed by atoms with Crippen molar-refractivity contribution in [3.8, 4) is 11.5 Å². The van der Waals surface area contributed by atoms with Crippen LogP contribution in [-0.4, -0.2) is 37.8 Å². The normalized spacial score (nSPS) is 12.4. The molecule has 342 valence electrons. The van der Waals surface area contributed by atoms with Crippen molar-refractivity contribution in [2.45, 2.75) is 37.5 Å². The smallest absolute Gasteiger partial charge is 0.296 e. The molecule has 0 atom stereocenters. The third-order valence-corrected chi connectivity index (χ3v) is 12.5. The summed E-state index contributed by atoms with van der Waals surface area (Å²) in [6.07, 6.45) is 0. The van der Waals surface area contributed by atoms with Crippen LogP contribution in [0.2, 0.25) is 0 Å². The molecule has 0 aliphatic carbocycles. The molecule has 0 unspecified atom stereocenters. The zero-order valence-electron chi connectivity index (χ0n) is 36.8. The summed E-state index contributed by atoms with van der Waals surface area (Å²) in [5.74, 6) is 0.787. The summed E-state index contributed by atoms with van der Waals surface area (Å²) in [4.78, 5) is -1.05. The van der Waals surface area contributed by atoms with Crippen molar-refractivity contribution >= 4 is 93.0 Å².